The summed E-state index contributed by atoms with van der Waals surface area (Å²) in [5.41, 5.74) is 1.77. The van der Waals surface area contributed by atoms with Crippen LogP contribution in [0.4, 0.5) is 15.8 Å². The van der Waals surface area contributed by atoms with Crippen LogP contribution in [0, 0.1) is 11.7 Å². The van der Waals surface area contributed by atoms with Crippen molar-refractivity contribution in [3.63, 3.8) is 0 Å². The van der Waals surface area contributed by atoms with Gasteiger partial charge in [0, 0.05) is 11.8 Å². The number of halogens is 1. The van der Waals surface area contributed by atoms with Crippen LogP contribution in [0.2, 0.25) is 0 Å². The Labute approximate surface area is 157 Å². The van der Waals surface area contributed by atoms with Gasteiger partial charge in [-0.15, -0.1) is 0 Å². The highest BCUT2D eigenvalue weighted by Gasteiger charge is 2.27. The number of hydrogen-bond acceptors (Lipinski definition) is 3. The van der Waals surface area contributed by atoms with Gasteiger partial charge in [0.2, 0.25) is 5.91 Å². The number of hydrogen-bond donors (Lipinski definition) is 2. The molecule has 1 amide bonds. The molecule has 0 aliphatic rings. The van der Waals surface area contributed by atoms with Crippen LogP contribution < -0.4 is 4.90 Å². The largest absolute Gasteiger partial charge is 0.505 e. The molecule has 0 bridgehead atoms. The third-order valence-corrected chi connectivity index (χ3v) is 4.32. The average Bonchev–Trinajstić information content (AvgIpc) is 2.70. The molecule has 3 aromatic rings. The van der Waals surface area contributed by atoms with Crippen LogP contribution in [0.5, 0.6) is 5.75 Å². The van der Waals surface area contributed by atoms with E-state index in [0.717, 1.165) is 11.6 Å². The molecule has 0 saturated carbocycles. The maximum atomic E-state index is 13.9. The Kier molecular flexibility index (Phi) is 5.84. The fourth-order valence-electron chi connectivity index (χ4n) is 2.93. The second kappa shape index (κ2) is 8.47. The molecule has 4 nitrogen and oxygen atoms in total. The maximum Gasteiger partial charge on any atom is 0.237 e. The standard InChI is InChI=1S/C22H20FNO3/c23-20-14-19(11-12-21(20)26)24(18-9-5-2-6-10-18)22(27)17(15-25)13-16-7-3-1-4-8-16/h1-12,14,17,25-26H,13,15H2. The van der Waals surface area contributed by atoms with Gasteiger partial charge in [-0.1, -0.05) is 48.5 Å². The molecule has 3 rings (SSSR count). The van der Waals surface area contributed by atoms with Crippen molar-refractivity contribution in [1.82, 2.24) is 0 Å². The first-order valence-electron chi connectivity index (χ1n) is 8.62. The molecule has 138 valence electrons. The molecule has 0 aliphatic carbocycles. The van der Waals surface area contributed by atoms with E-state index in [2.05, 4.69) is 0 Å². The minimum Gasteiger partial charge on any atom is -0.505 e. The number of carbonyl (C=O) groups is 1. The van der Waals surface area contributed by atoms with Crippen molar-refractivity contribution in [2.24, 2.45) is 5.92 Å². The number of phenolic OH excluding ortho intramolecular Hbond substituents is 1. The van der Waals surface area contributed by atoms with E-state index < -0.39 is 17.5 Å². The molecule has 0 aromatic heterocycles. The number of aliphatic hydroxyl groups excluding tert-OH is 1. The zero-order valence-electron chi connectivity index (χ0n) is 14.6. The lowest BCUT2D eigenvalue weighted by molar-refractivity contribution is -0.122. The summed E-state index contributed by atoms with van der Waals surface area (Å²) in [6.07, 6.45) is 0.361. The van der Waals surface area contributed by atoms with Gasteiger partial charge in [-0.25, -0.2) is 4.39 Å². The van der Waals surface area contributed by atoms with Crippen molar-refractivity contribution in [2.75, 3.05) is 11.5 Å². The fourth-order valence-corrected chi connectivity index (χ4v) is 2.93. The summed E-state index contributed by atoms with van der Waals surface area (Å²) in [7, 11) is 0. The second-order valence-electron chi connectivity index (χ2n) is 6.21. The normalized spacial score (nSPS) is 11.8. The SMILES string of the molecule is O=C(C(CO)Cc1ccccc1)N(c1ccccc1)c1ccc(O)c(F)c1. The van der Waals surface area contributed by atoms with Crippen LogP contribution in [0.1, 0.15) is 5.56 Å². The number of benzene rings is 3. The summed E-state index contributed by atoms with van der Waals surface area (Å²) in [5.74, 6) is -2.34. The molecule has 0 saturated heterocycles. The lowest BCUT2D eigenvalue weighted by atomic mass is 9.98. The molecule has 0 heterocycles. The molecule has 27 heavy (non-hydrogen) atoms. The van der Waals surface area contributed by atoms with Gasteiger partial charge in [0.1, 0.15) is 0 Å². The molecule has 3 aromatic carbocycles. The third-order valence-electron chi connectivity index (χ3n) is 4.32. The van der Waals surface area contributed by atoms with Crippen molar-refractivity contribution in [1.29, 1.82) is 0 Å². The van der Waals surface area contributed by atoms with E-state index in [0.29, 0.717) is 12.1 Å². The van der Waals surface area contributed by atoms with Crippen molar-refractivity contribution >= 4 is 17.3 Å². The number of aliphatic hydroxyl groups is 1. The molecule has 2 N–H and O–H groups in total. The van der Waals surface area contributed by atoms with Crippen molar-refractivity contribution < 1.29 is 19.4 Å². The van der Waals surface area contributed by atoms with E-state index in [1.807, 2.05) is 36.4 Å². The average molecular weight is 365 g/mol. The molecule has 0 radical (unpaired) electrons. The van der Waals surface area contributed by atoms with Crippen molar-refractivity contribution in [3.05, 3.63) is 90.2 Å². The topological polar surface area (TPSA) is 60.8 Å². The van der Waals surface area contributed by atoms with Crippen LogP contribution in [0.25, 0.3) is 0 Å². The van der Waals surface area contributed by atoms with Gasteiger partial charge >= 0.3 is 0 Å². The number of phenols is 1. The number of nitrogens with zero attached hydrogens (tertiary/aromatic N) is 1. The monoisotopic (exact) mass is 365 g/mol. The minimum atomic E-state index is -0.815. The van der Waals surface area contributed by atoms with Crippen LogP contribution in [0.3, 0.4) is 0 Å². The van der Waals surface area contributed by atoms with Crippen LogP contribution in [-0.4, -0.2) is 22.7 Å². The van der Waals surface area contributed by atoms with Gasteiger partial charge < -0.3 is 10.2 Å². The van der Waals surface area contributed by atoms with E-state index in [4.69, 9.17) is 0 Å². The molecule has 0 spiro atoms. The van der Waals surface area contributed by atoms with Crippen LogP contribution >= 0.6 is 0 Å². The van der Waals surface area contributed by atoms with Gasteiger partial charge in [0.05, 0.1) is 18.2 Å². The summed E-state index contributed by atoms with van der Waals surface area (Å²) in [6.45, 7) is -0.336. The minimum absolute atomic E-state index is 0.285. The Balaban J connectivity index is 1.98. The van der Waals surface area contributed by atoms with E-state index >= 15 is 0 Å². The number of para-hydroxylation sites is 1. The van der Waals surface area contributed by atoms with E-state index in [1.165, 1.54) is 17.0 Å². The number of rotatable bonds is 6. The molecule has 1 unspecified atom stereocenters. The first kappa shape index (κ1) is 18.6. The van der Waals surface area contributed by atoms with E-state index in [-0.39, 0.29) is 18.2 Å². The number of aromatic hydroxyl groups is 1. The van der Waals surface area contributed by atoms with Crippen LogP contribution in [-0.2, 0) is 11.2 Å². The van der Waals surface area contributed by atoms with Crippen molar-refractivity contribution in [2.45, 2.75) is 6.42 Å². The van der Waals surface area contributed by atoms with Gasteiger partial charge in [-0.3, -0.25) is 9.69 Å². The highest BCUT2D eigenvalue weighted by Crippen LogP contribution is 2.31. The number of amides is 1. The lowest BCUT2D eigenvalue weighted by Gasteiger charge is -2.27. The van der Waals surface area contributed by atoms with Crippen LogP contribution in [0.15, 0.2) is 78.9 Å². The smallest absolute Gasteiger partial charge is 0.237 e. The Morgan fingerprint density at radius 1 is 0.926 bits per heavy atom. The second-order valence-corrected chi connectivity index (χ2v) is 6.21. The summed E-state index contributed by atoms with van der Waals surface area (Å²) in [5, 5.41) is 19.3. The van der Waals surface area contributed by atoms with E-state index in [9.17, 15) is 19.4 Å². The maximum absolute atomic E-state index is 13.9. The van der Waals surface area contributed by atoms with Gasteiger partial charge in [0.25, 0.3) is 0 Å². The summed E-state index contributed by atoms with van der Waals surface area (Å²) < 4.78 is 13.9. The van der Waals surface area contributed by atoms with Gasteiger partial charge in [-0.05, 0) is 36.2 Å². The highest BCUT2D eigenvalue weighted by molar-refractivity contribution is 6.02. The molecule has 0 aliphatic heterocycles. The number of anilines is 2. The molecule has 0 fully saturated rings. The van der Waals surface area contributed by atoms with Crippen molar-refractivity contribution in [3.8, 4) is 5.75 Å². The Morgan fingerprint density at radius 3 is 2.15 bits per heavy atom. The Morgan fingerprint density at radius 2 is 1.56 bits per heavy atom. The zero-order chi connectivity index (χ0) is 19.2. The lowest BCUT2D eigenvalue weighted by Crippen LogP contribution is -2.35. The Hall–Kier alpha value is -3.18. The highest BCUT2D eigenvalue weighted by atomic mass is 19.1. The predicted molar refractivity (Wildman–Crippen MR) is 102 cm³/mol. The van der Waals surface area contributed by atoms with Gasteiger partial charge in [-0.2, -0.15) is 0 Å². The Bertz CT molecular complexity index is 900. The fraction of sp³-hybridized carbons (Fsp3) is 0.136. The van der Waals surface area contributed by atoms with Gasteiger partial charge in [0.15, 0.2) is 11.6 Å². The zero-order valence-corrected chi connectivity index (χ0v) is 14.6. The molecular weight excluding hydrogens is 345 g/mol. The predicted octanol–water partition coefficient (Wildman–Crippen LogP) is 4.05. The molecule has 5 heteroatoms. The quantitative estimate of drug-likeness (QED) is 0.693. The molecule has 1 atom stereocenters. The first-order valence-corrected chi connectivity index (χ1v) is 8.62. The molecular formula is C22H20FNO3. The van der Waals surface area contributed by atoms with E-state index in [1.54, 1.807) is 24.3 Å². The summed E-state index contributed by atoms with van der Waals surface area (Å²) >= 11 is 0. The third kappa shape index (κ3) is 4.33. The summed E-state index contributed by atoms with van der Waals surface area (Å²) in [6, 6.07) is 22.0. The summed E-state index contributed by atoms with van der Waals surface area (Å²) in [4.78, 5) is 14.6. The number of carbonyl (C=O) groups excluding carboxylic acids is 1. The first-order chi connectivity index (χ1) is 13.1.